The van der Waals surface area contributed by atoms with Gasteiger partial charge in [-0.15, -0.1) is 5.10 Å². The third kappa shape index (κ3) is 2.46. The van der Waals surface area contributed by atoms with E-state index in [0.29, 0.717) is 0 Å². The fourth-order valence-corrected chi connectivity index (χ4v) is 2.41. The van der Waals surface area contributed by atoms with Crippen LogP contribution in [0.4, 0.5) is 4.39 Å². The van der Waals surface area contributed by atoms with Gasteiger partial charge in [0, 0.05) is 0 Å². The maximum Gasteiger partial charge on any atom is 0.217 e. The molecule has 5 nitrogen and oxygen atoms in total. The highest BCUT2D eigenvalue weighted by molar-refractivity contribution is 6.07. The normalized spacial score (nSPS) is 16.2. The molecule has 1 aliphatic rings. The summed E-state index contributed by atoms with van der Waals surface area (Å²) in [4.78, 5) is 12.2. The van der Waals surface area contributed by atoms with E-state index in [-0.39, 0.29) is 17.3 Å². The maximum atomic E-state index is 13.6. The zero-order valence-corrected chi connectivity index (χ0v) is 10.9. The Hall–Kier alpha value is -2.08. The van der Waals surface area contributed by atoms with E-state index in [2.05, 4.69) is 15.6 Å². The largest absolute Gasteiger partial charge is 0.317 e. The number of benzene rings is 1. The molecule has 1 saturated heterocycles. The van der Waals surface area contributed by atoms with Gasteiger partial charge in [0.05, 0.1) is 17.8 Å². The molecule has 20 heavy (non-hydrogen) atoms. The summed E-state index contributed by atoms with van der Waals surface area (Å²) in [5.41, 5.74) is 0.221. The minimum Gasteiger partial charge on any atom is -0.317 e. The van der Waals surface area contributed by atoms with Crippen molar-refractivity contribution in [2.45, 2.75) is 18.9 Å². The number of carbonyl (C=O) groups excluding carboxylic acids is 1. The summed E-state index contributed by atoms with van der Waals surface area (Å²) in [5.74, 6) is -0.961. The standard InChI is InChI=1S/C14H15FN4O/c15-12-4-2-1-3-11(12)14(20)13-9-19(18-17-13)10-5-7-16-8-6-10/h1-4,9-10,16H,5-8H2. The Morgan fingerprint density at radius 3 is 2.80 bits per heavy atom. The molecule has 6 heteroatoms. The molecule has 0 aliphatic carbocycles. The first kappa shape index (κ1) is 12.9. The van der Waals surface area contributed by atoms with Crippen LogP contribution in [0.1, 0.15) is 34.9 Å². The maximum absolute atomic E-state index is 13.6. The van der Waals surface area contributed by atoms with Crippen LogP contribution in [0.25, 0.3) is 0 Å². The summed E-state index contributed by atoms with van der Waals surface area (Å²) in [6.45, 7) is 1.86. The summed E-state index contributed by atoms with van der Waals surface area (Å²) in [5, 5.41) is 11.2. The number of hydrogen-bond donors (Lipinski definition) is 1. The molecule has 0 atom stereocenters. The van der Waals surface area contributed by atoms with Crippen molar-refractivity contribution in [1.82, 2.24) is 20.3 Å². The predicted octanol–water partition coefficient (Wildman–Crippen LogP) is 1.57. The summed E-state index contributed by atoms with van der Waals surface area (Å²) in [6.07, 6.45) is 3.53. The molecule has 104 valence electrons. The fourth-order valence-electron chi connectivity index (χ4n) is 2.41. The van der Waals surface area contributed by atoms with Gasteiger partial charge >= 0.3 is 0 Å². The van der Waals surface area contributed by atoms with E-state index >= 15 is 0 Å². The van der Waals surface area contributed by atoms with Crippen molar-refractivity contribution in [3.8, 4) is 0 Å². The molecule has 0 radical (unpaired) electrons. The van der Waals surface area contributed by atoms with Crippen LogP contribution in [0, 0.1) is 5.82 Å². The topological polar surface area (TPSA) is 59.8 Å². The monoisotopic (exact) mass is 274 g/mol. The van der Waals surface area contributed by atoms with Gasteiger partial charge < -0.3 is 5.32 Å². The first-order valence-corrected chi connectivity index (χ1v) is 6.67. The van der Waals surface area contributed by atoms with E-state index in [4.69, 9.17) is 0 Å². The summed E-state index contributed by atoms with van der Waals surface area (Å²) in [7, 11) is 0. The number of piperidine rings is 1. The lowest BCUT2D eigenvalue weighted by molar-refractivity contribution is 0.103. The Kier molecular flexibility index (Phi) is 3.56. The molecular weight excluding hydrogens is 259 g/mol. The number of carbonyl (C=O) groups is 1. The average Bonchev–Trinajstić information content (AvgIpc) is 2.98. The number of halogens is 1. The molecule has 1 aromatic heterocycles. The van der Waals surface area contributed by atoms with Crippen LogP contribution in [-0.4, -0.2) is 33.9 Å². The van der Waals surface area contributed by atoms with Crippen molar-refractivity contribution >= 4 is 5.78 Å². The van der Waals surface area contributed by atoms with E-state index in [9.17, 15) is 9.18 Å². The highest BCUT2D eigenvalue weighted by Gasteiger charge is 2.20. The van der Waals surface area contributed by atoms with Crippen molar-refractivity contribution in [2.75, 3.05) is 13.1 Å². The number of nitrogens with zero attached hydrogens (tertiary/aromatic N) is 3. The lowest BCUT2D eigenvalue weighted by Crippen LogP contribution is -2.29. The van der Waals surface area contributed by atoms with E-state index in [1.54, 1.807) is 23.0 Å². The number of rotatable bonds is 3. The molecule has 0 bridgehead atoms. The van der Waals surface area contributed by atoms with E-state index in [0.717, 1.165) is 25.9 Å². The Morgan fingerprint density at radius 2 is 2.05 bits per heavy atom. The lowest BCUT2D eigenvalue weighted by atomic mass is 10.1. The van der Waals surface area contributed by atoms with E-state index < -0.39 is 11.6 Å². The number of hydrogen-bond acceptors (Lipinski definition) is 4. The third-order valence-corrected chi connectivity index (χ3v) is 3.54. The van der Waals surface area contributed by atoms with Gasteiger partial charge in [-0.1, -0.05) is 17.3 Å². The molecule has 0 spiro atoms. The lowest BCUT2D eigenvalue weighted by Gasteiger charge is -2.22. The number of nitrogens with one attached hydrogen (secondary N) is 1. The van der Waals surface area contributed by atoms with Gasteiger partial charge in [0.2, 0.25) is 5.78 Å². The Bertz CT molecular complexity index is 619. The van der Waals surface area contributed by atoms with Crippen LogP contribution < -0.4 is 5.32 Å². The van der Waals surface area contributed by atoms with Gasteiger partial charge in [-0.05, 0) is 38.1 Å². The molecule has 2 heterocycles. The summed E-state index contributed by atoms with van der Waals surface area (Å²) < 4.78 is 15.3. The Morgan fingerprint density at radius 1 is 1.30 bits per heavy atom. The van der Waals surface area contributed by atoms with Crippen LogP contribution in [0.3, 0.4) is 0 Å². The smallest absolute Gasteiger partial charge is 0.217 e. The minimum absolute atomic E-state index is 0.0323. The first-order valence-electron chi connectivity index (χ1n) is 6.67. The predicted molar refractivity (Wildman–Crippen MR) is 71.0 cm³/mol. The van der Waals surface area contributed by atoms with Gasteiger partial charge in [0.15, 0.2) is 5.69 Å². The van der Waals surface area contributed by atoms with Crippen molar-refractivity contribution in [1.29, 1.82) is 0 Å². The molecule has 0 amide bonds. The highest BCUT2D eigenvalue weighted by atomic mass is 19.1. The van der Waals surface area contributed by atoms with Crippen molar-refractivity contribution in [3.05, 3.63) is 47.5 Å². The van der Waals surface area contributed by atoms with Crippen molar-refractivity contribution < 1.29 is 9.18 Å². The van der Waals surface area contributed by atoms with Crippen LogP contribution >= 0.6 is 0 Å². The van der Waals surface area contributed by atoms with Crippen molar-refractivity contribution in [3.63, 3.8) is 0 Å². The van der Waals surface area contributed by atoms with Crippen LogP contribution in [-0.2, 0) is 0 Å². The van der Waals surface area contributed by atoms with E-state index in [1.807, 2.05) is 0 Å². The zero-order chi connectivity index (χ0) is 13.9. The third-order valence-electron chi connectivity index (χ3n) is 3.54. The molecule has 1 N–H and O–H groups in total. The zero-order valence-electron chi connectivity index (χ0n) is 10.9. The molecule has 1 fully saturated rings. The molecule has 2 aromatic rings. The SMILES string of the molecule is O=C(c1cn(C2CCNCC2)nn1)c1ccccc1F. The second kappa shape index (κ2) is 5.50. The quantitative estimate of drug-likeness (QED) is 0.863. The molecule has 3 rings (SSSR count). The van der Waals surface area contributed by atoms with Crippen molar-refractivity contribution in [2.24, 2.45) is 0 Å². The molecule has 0 saturated carbocycles. The summed E-state index contributed by atoms with van der Waals surface area (Å²) >= 11 is 0. The van der Waals surface area contributed by atoms with Crippen LogP contribution in [0.15, 0.2) is 30.5 Å². The first-order chi connectivity index (χ1) is 9.75. The second-order valence-electron chi connectivity index (χ2n) is 4.87. The summed E-state index contributed by atoms with van der Waals surface area (Å²) in [6, 6.07) is 6.17. The van der Waals surface area contributed by atoms with Gasteiger partial charge in [0.25, 0.3) is 0 Å². The van der Waals surface area contributed by atoms with Crippen LogP contribution in [0.5, 0.6) is 0 Å². The fraction of sp³-hybridized carbons (Fsp3) is 0.357. The molecular formula is C14H15FN4O. The van der Waals surface area contributed by atoms with Gasteiger partial charge in [-0.3, -0.25) is 4.79 Å². The van der Waals surface area contributed by atoms with Crippen LogP contribution in [0.2, 0.25) is 0 Å². The Balaban J connectivity index is 1.83. The number of ketones is 1. The Labute approximate surface area is 115 Å². The van der Waals surface area contributed by atoms with Gasteiger partial charge in [0.1, 0.15) is 5.82 Å². The minimum atomic E-state index is -0.533. The van der Waals surface area contributed by atoms with E-state index in [1.165, 1.54) is 12.1 Å². The molecule has 1 aromatic carbocycles. The number of aromatic nitrogens is 3. The molecule has 0 unspecified atom stereocenters. The second-order valence-corrected chi connectivity index (χ2v) is 4.87. The molecule has 1 aliphatic heterocycles. The highest BCUT2D eigenvalue weighted by Crippen LogP contribution is 2.18. The average molecular weight is 274 g/mol. The van der Waals surface area contributed by atoms with Gasteiger partial charge in [-0.25, -0.2) is 9.07 Å². The van der Waals surface area contributed by atoms with Gasteiger partial charge in [-0.2, -0.15) is 0 Å².